The van der Waals surface area contributed by atoms with Crippen LogP contribution in [0.5, 0.6) is 0 Å². The molecule has 4 amide bonds. The Labute approximate surface area is 217 Å². The van der Waals surface area contributed by atoms with Gasteiger partial charge in [-0.25, -0.2) is 4.79 Å². The number of nitrogens with zero attached hydrogens (tertiary/aromatic N) is 1. The first kappa shape index (κ1) is 33.4. The molecule has 0 heterocycles. The van der Waals surface area contributed by atoms with Crippen molar-refractivity contribution in [3.63, 3.8) is 0 Å². The van der Waals surface area contributed by atoms with Crippen LogP contribution in [0.15, 0.2) is 4.99 Å². The number of nitrogens with two attached hydrogens (primary N) is 4. The summed E-state index contributed by atoms with van der Waals surface area (Å²) in [5, 5.41) is 25.0. The number of nitrogens with one attached hydrogen (secondary N) is 3. The van der Waals surface area contributed by atoms with E-state index >= 15 is 0 Å². The van der Waals surface area contributed by atoms with E-state index in [1.54, 1.807) is 6.26 Å². The zero-order chi connectivity index (χ0) is 28.5. The van der Waals surface area contributed by atoms with Crippen LogP contribution in [0.1, 0.15) is 38.5 Å². The summed E-state index contributed by atoms with van der Waals surface area (Å²) in [5.74, 6) is -5.88. The lowest BCUT2D eigenvalue weighted by Crippen LogP contribution is -2.57. The SMILES string of the molecule is CSCCC(NC(=O)C(CC(N)=O)NC(=O)C(N)CCCN=C(N)N)C(=O)NC(CCC(=O)O)C(=O)O. The number of thioether (sulfide) groups is 1. The number of carboxylic acid groups (broad SMARTS) is 2. The molecule has 4 atom stereocenters. The molecule has 17 heteroatoms. The molecule has 37 heavy (non-hydrogen) atoms. The number of aliphatic carboxylic acids is 2. The van der Waals surface area contributed by atoms with E-state index in [2.05, 4.69) is 20.9 Å². The molecule has 0 aliphatic carbocycles. The van der Waals surface area contributed by atoms with Gasteiger partial charge in [-0.1, -0.05) is 0 Å². The molecule has 0 radical (unpaired) electrons. The fraction of sp³-hybridized carbons (Fsp3) is 0.650. The van der Waals surface area contributed by atoms with E-state index in [1.807, 2.05) is 0 Å². The maximum absolute atomic E-state index is 12.9. The molecule has 0 aliphatic rings. The first-order valence-corrected chi connectivity index (χ1v) is 12.6. The molecule has 0 rings (SSSR count). The van der Waals surface area contributed by atoms with Crippen LogP contribution in [0.4, 0.5) is 0 Å². The number of rotatable bonds is 19. The summed E-state index contributed by atoms with van der Waals surface area (Å²) in [7, 11) is 0. The maximum atomic E-state index is 12.9. The lowest BCUT2D eigenvalue weighted by atomic mass is 10.1. The summed E-state index contributed by atoms with van der Waals surface area (Å²) >= 11 is 1.35. The van der Waals surface area contributed by atoms with E-state index in [0.29, 0.717) is 12.2 Å². The second-order valence-corrected chi connectivity index (χ2v) is 8.95. The van der Waals surface area contributed by atoms with Gasteiger partial charge >= 0.3 is 11.9 Å². The Morgan fingerprint density at radius 1 is 0.838 bits per heavy atom. The average Bonchev–Trinajstić information content (AvgIpc) is 2.80. The average molecular weight is 549 g/mol. The molecular weight excluding hydrogens is 512 g/mol. The summed E-state index contributed by atoms with van der Waals surface area (Å²) in [4.78, 5) is 75.5. The molecule has 13 N–H and O–H groups in total. The first-order chi connectivity index (χ1) is 17.3. The smallest absolute Gasteiger partial charge is 0.326 e. The third-order valence-corrected chi connectivity index (χ3v) is 5.49. The highest BCUT2D eigenvalue weighted by atomic mass is 32.2. The molecule has 0 spiro atoms. The van der Waals surface area contributed by atoms with Gasteiger partial charge in [-0.3, -0.25) is 29.0 Å². The van der Waals surface area contributed by atoms with Crippen molar-refractivity contribution >= 4 is 53.3 Å². The zero-order valence-electron chi connectivity index (χ0n) is 20.5. The Hall–Kier alpha value is -3.60. The summed E-state index contributed by atoms with van der Waals surface area (Å²) in [5.41, 5.74) is 21.5. The highest BCUT2D eigenvalue weighted by Crippen LogP contribution is 2.06. The lowest BCUT2D eigenvalue weighted by Gasteiger charge is -2.24. The van der Waals surface area contributed by atoms with Crippen LogP contribution in [0.2, 0.25) is 0 Å². The van der Waals surface area contributed by atoms with Crippen LogP contribution < -0.4 is 38.9 Å². The third-order valence-electron chi connectivity index (χ3n) is 4.85. The van der Waals surface area contributed by atoms with Crippen LogP contribution in [0.3, 0.4) is 0 Å². The third kappa shape index (κ3) is 15.2. The number of hydrogen-bond acceptors (Lipinski definition) is 9. The van der Waals surface area contributed by atoms with E-state index in [-0.39, 0.29) is 31.8 Å². The van der Waals surface area contributed by atoms with Crippen molar-refractivity contribution in [2.75, 3.05) is 18.6 Å². The summed E-state index contributed by atoms with van der Waals surface area (Å²) in [6.07, 6.45) is 0.881. The van der Waals surface area contributed by atoms with Gasteiger partial charge in [0, 0.05) is 13.0 Å². The van der Waals surface area contributed by atoms with Gasteiger partial charge in [-0.15, -0.1) is 0 Å². The summed E-state index contributed by atoms with van der Waals surface area (Å²) in [6, 6.07) is -5.26. The van der Waals surface area contributed by atoms with Crippen molar-refractivity contribution in [1.29, 1.82) is 0 Å². The van der Waals surface area contributed by atoms with Gasteiger partial charge in [-0.2, -0.15) is 11.8 Å². The molecule has 0 aromatic heterocycles. The van der Waals surface area contributed by atoms with E-state index in [9.17, 15) is 33.9 Å². The number of carbonyl (C=O) groups is 6. The number of primary amides is 1. The van der Waals surface area contributed by atoms with Gasteiger partial charge in [0.05, 0.1) is 12.5 Å². The standard InChI is InChI=1S/C20H36N8O8S/c1-37-8-6-11(17(33)27-12(19(35)36)4-5-15(30)31)26-18(34)13(9-14(22)29)28-16(32)10(21)3-2-7-25-20(23)24/h10-13H,2-9,21H2,1H3,(H2,22,29)(H,26,34)(H,27,33)(H,28,32)(H,30,31)(H,35,36)(H4,23,24,25). The monoisotopic (exact) mass is 548 g/mol. The Bertz CT molecular complexity index is 852. The minimum Gasteiger partial charge on any atom is -0.481 e. The first-order valence-electron chi connectivity index (χ1n) is 11.2. The molecule has 4 unspecified atom stereocenters. The minimum atomic E-state index is -1.50. The van der Waals surface area contributed by atoms with Gasteiger partial charge in [-0.05, 0) is 37.7 Å². The fourth-order valence-corrected chi connectivity index (χ4v) is 3.39. The highest BCUT2D eigenvalue weighted by molar-refractivity contribution is 7.98. The lowest BCUT2D eigenvalue weighted by molar-refractivity contribution is -0.143. The van der Waals surface area contributed by atoms with Gasteiger partial charge in [0.15, 0.2) is 5.96 Å². The Balaban J connectivity index is 5.40. The van der Waals surface area contributed by atoms with Crippen molar-refractivity contribution in [2.24, 2.45) is 27.9 Å². The van der Waals surface area contributed by atoms with Crippen LogP contribution in [0, 0.1) is 0 Å². The van der Waals surface area contributed by atoms with Crippen molar-refractivity contribution in [3.8, 4) is 0 Å². The summed E-state index contributed by atoms with van der Waals surface area (Å²) < 4.78 is 0. The fourth-order valence-electron chi connectivity index (χ4n) is 2.91. The molecule has 0 aliphatic heterocycles. The number of aliphatic imine (C=N–C) groups is 1. The van der Waals surface area contributed by atoms with Crippen LogP contribution in [0.25, 0.3) is 0 Å². The van der Waals surface area contributed by atoms with Crippen molar-refractivity contribution in [2.45, 2.75) is 62.7 Å². The number of hydrogen-bond donors (Lipinski definition) is 9. The largest absolute Gasteiger partial charge is 0.481 e. The number of amides is 4. The minimum absolute atomic E-state index is 0.0750. The molecule has 0 fully saturated rings. The van der Waals surface area contributed by atoms with E-state index in [4.69, 9.17) is 28.0 Å². The van der Waals surface area contributed by atoms with E-state index in [0.717, 1.165) is 0 Å². The highest BCUT2D eigenvalue weighted by Gasteiger charge is 2.31. The normalized spacial score (nSPS) is 13.8. The molecular formula is C20H36N8O8S. The van der Waals surface area contributed by atoms with E-state index in [1.165, 1.54) is 11.8 Å². The predicted octanol–water partition coefficient (Wildman–Crippen LogP) is -3.60. The maximum Gasteiger partial charge on any atom is 0.326 e. The molecule has 0 aromatic carbocycles. The quantitative estimate of drug-likeness (QED) is 0.0429. The Morgan fingerprint density at radius 3 is 1.92 bits per heavy atom. The van der Waals surface area contributed by atoms with Gasteiger partial charge in [0.2, 0.25) is 23.6 Å². The van der Waals surface area contributed by atoms with Crippen molar-refractivity contribution in [3.05, 3.63) is 0 Å². The van der Waals surface area contributed by atoms with Gasteiger partial charge in [0.1, 0.15) is 18.1 Å². The molecule has 16 nitrogen and oxygen atoms in total. The number of carbonyl (C=O) groups excluding carboxylic acids is 4. The molecule has 210 valence electrons. The molecule has 0 bridgehead atoms. The van der Waals surface area contributed by atoms with E-state index < -0.39 is 72.6 Å². The number of carboxylic acids is 2. The number of guanidine groups is 1. The Kier molecular flexibility index (Phi) is 16.0. The van der Waals surface area contributed by atoms with Crippen molar-refractivity contribution in [1.82, 2.24) is 16.0 Å². The molecule has 0 saturated heterocycles. The summed E-state index contributed by atoms with van der Waals surface area (Å²) in [6.45, 7) is 0.227. The predicted molar refractivity (Wildman–Crippen MR) is 135 cm³/mol. The van der Waals surface area contributed by atoms with Crippen LogP contribution in [-0.4, -0.2) is 94.5 Å². The second-order valence-electron chi connectivity index (χ2n) is 7.96. The topological polar surface area (TPSA) is 295 Å². The van der Waals surface area contributed by atoms with Crippen LogP contribution >= 0.6 is 11.8 Å². The van der Waals surface area contributed by atoms with Crippen LogP contribution in [-0.2, 0) is 28.8 Å². The Morgan fingerprint density at radius 2 is 1.41 bits per heavy atom. The molecule has 0 aromatic rings. The second kappa shape index (κ2) is 17.8. The van der Waals surface area contributed by atoms with Gasteiger partial charge in [0.25, 0.3) is 0 Å². The zero-order valence-corrected chi connectivity index (χ0v) is 21.3. The van der Waals surface area contributed by atoms with Gasteiger partial charge < -0.3 is 49.1 Å². The molecule has 0 saturated carbocycles. The van der Waals surface area contributed by atoms with Crippen molar-refractivity contribution < 1.29 is 39.0 Å².